The number of benzene rings is 2. The van der Waals surface area contributed by atoms with Crippen LogP contribution in [-0.4, -0.2) is 18.4 Å². The number of carbonyl (C=O) groups is 2. The number of carbonyl (C=O) groups excluding carboxylic acids is 2. The van der Waals surface area contributed by atoms with Crippen molar-refractivity contribution >= 4 is 11.6 Å². The van der Waals surface area contributed by atoms with Gasteiger partial charge in [-0.25, -0.2) is 4.39 Å². The number of ether oxygens (including phenoxy) is 2. The van der Waals surface area contributed by atoms with Crippen LogP contribution >= 0.6 is 0 Å². The minimum absolute atomic E-state index is 0.0156. The standard InChI is InChI=1S/C19H15FO4/c1-10(21)16-17(12-4-7-14-15(8-12)24-9-23-14)18(16)19(22)11-2-5-13(20)6-3-11/h2-8,16-18H,9H2,1H3/t16-,17-,18-/m0/s1. The second-order valence-corrected chi connectivity index (χ2v) is 6.17. The molecule has 3 atom stereocenters. The SMILES string of the molecule is CC(=O)[C@@H]1[C@H](C(=O)c2ccc(F)cc2)[C@H]1c1ccc2c(c1)OCO2. The fraction of sp³-hybridized carbons (Fsp3) is 0.263. The van der Waals surface area contributed by atoms with Crippen LogP contribution in [0.3, 0.4) is 0 Å². The molecule has 0 aromatic heterocycles. The molecule has 0 saturated heterocycles. The number of hydrogen-bond donors (Lipinski definition) is 0. The van der Waals surface area contributed by atoms with Gasteiger partial charge in [-0.3, -0.25) is 9.59 Å². The van der Waals surface area contributed by atoms with Crippen molar-refractivity contribution < 1.29 is 23.5 Å². The lowest BCUT2D eigenvalue weighted by atomic mass is 10.0. The quantitative estimate of drug-likeness (QED) is 0.809. The van der Waals surface area contributed by atoms with E-state index in [2.05, 4.69) is 0 Å². The van der Waals surface area contributed by atoms with Gasteiger partial charge in [0.05, 0.1) is 0 Å². The molecule has 24 heavy (non-hydrogen) atoms. The maximum Gasteiger partial charge on any atom is 0.231 e. The van der Waals surface area contributed by atoms with Gasteiger partial charge in [-0.1, -0.05) is 6.07 Å². The van der Waals surface area contributed by atoms with Crippen LogP contribution in [0, 0.1) is 17.7 Å². The molecule has 1 heterocycles. The highest BCUT2D eigenvalue weighted by molar-refractivity contribution is 6.05. The van der Waals surface area contributed by atoms with Crippen LogP contribution in [0.2, 0.25) is 0 Å². The molecule has 2 aromatic rings. The topological polar surface area (TPSA) is 52.6 Å². The van der Waals surface area contributed by atoms with Crippen LogP contribution < -0.4 is 9.47 Å². The molecule has 4 nitrogen and oxygen atoms in total. The highest BCUT2D eigenvalue weighted by Gasteiger charge is 2.57. The molecule has 1 saturated carbocycles. The zero-order valence-electron chi connectivity index (χ0n) is 13.0. The minimum Gasteiger partial charge on any atom is -0.454 e. The Hall–Kier alpha value is -2.69. The fourth-order valence-electron chi connectivity index (χ4n) is 3.48. The molecule has 0 amide bonds. The zero-order chi connectivity index (χ0) is 16.8. The molecular weight excluding hydrogens is 311 g/mol. The first-order valence-corrected chi connectivity index (χ1v) is 7.76. The van der Waals surface area contributed by atoms with E-state index in [1.807, 2.05) is 12.1 Å². The van der Waals surface area contributed by atoms with Crippen molar-refractivity contribution in [2.45, 2.75) is 12.8 Å². The van der Waals surface area contributed by atoms with E-state index in [9.17, 15) is 14.0 Å². The first-order chi connectivity index (χ1) is 11.6. The first-order valence-electron chi connectivity index (χ1n) is 7.76. The number of halogens is 1. The number of Topliss-reactive ketones (excluding diaryl/α,β-unsaturated/α-hetero) is 2. The lowest BCUT2D eigenvalue weighted by Crippen LogP contribution is -2.06. The van der Waals surface area contributed by atoms with Crippen molar-refractivity contribution in [3.8, 4) is 11.5 Å². The van der Waals surface area contributed by atoms with Gasteiger partial charge < -0.3 is 9.47 Å². The van der Waals surface area contributed by atoms with Gasteiger partial charge in [-0.05, 0) is 48.9 Å². The number of fused-ring (bicyclic) bond motifs is 1. The molecule has 122 valence electrons. The first kappa shape index (κ1) is 14.9. The van der Waals surface area contributed by atoms with Crippen molar-refractivity contribution in [1.29, 1.82) is 0 Å². The van der Waals surface area contributed by atoms with Crippen molar-refractivity contribution in [3.63, 3.8) is 0 Å². The molecular formula is C19H15FO4. The summed E-state index contributed by atoms with van der Waals surface area (Å²) in [5.41, 5.74) is 1.32. The van der Waals surface area contributed by atoms with Crippen LogP contribution in [-0.2, 0) is 4.79 Å². The van der Waals surface area contributed by atoms with Crippen LogP contribution in [0.4, 0.5) is 4.39 Å². The molecule has 0 bridgehead atoms. The van der Waals surface area contributed by atoms with E-state index < -0.39 is 11.7 Å². The molecule has 4 rings (SSSR count). The Balaban J connectivity index is 1.64. The number of hydrogen-bond acceptors (Lipinski definition) is 4. The van der Waals surface area contributed by atoms with Gasteiger partial charge in [0.1, 0.15) is 11.6 Å². The van der Waals surface area contributed by atoms with Crippen LogP contribution in [0.25, 0.3) is 0 Å². The third-order valence-electron chi connectivity index (χ3n) is 4.70. The highest BCUT2D eigenvalue weighted by atomic mass is 19.1. The monoisotopic (exact) mass is 326 g/mol. The summed E-state index contributed by atoms with van der Waals surface area (Å²) in [6, 6.07) is 10.9. The second kappa shape index (κ2) is 5.44. The van der Waals surface area contributed by atoms with E-state index in [4.69, 9.17) is 9.47 Å². The van der Waals surface area contributed by atoms with Crippen LogP contribution in [0.5, 0.6) is 11.5 Å². The summed E-state index contributed by atoms with van der Waals surface area (Å²) in [6.45, 7) is 1.68. The molecule has 1 fully saturated rings. The molecule has 0 spiro atoms. The maximum atomic E-state index is 13.0. The summed E-state index contributed by atoms with van der Waals surface area (Å²) in [5.74, 6) is -0.158. The molecule has 2 aromatic carbocycles. The molecule has 1 aliphatic carbocycles. The summed E-state index contributed by atoms with van der Waals surface area (Å²) in [4.78, 5) is 24.7. The highest BCUT2D eigenvalue weighted by Crippen LogP contribution is 2.57. The van der Waals surface area contributed by atoms with Gasteiger partial charge in [0.2, 0.25) is 6.79 Å². The van der Waals surface area contributed by atoms with Gasteiger partial charge in [-0.15, -0.1) is 0 Å². The molecule has 2 aliphatic rings. The van der Waals surface area contributed by atoms with E-state index in [0.29, 0.717) is 17.1 Å². The lowest BCUT2D eigenvalue weighted by Gasteiger charge is -2.03. The second-order valence-electron chi connectivity index (χ2n) is 6.17. The van der Waals surface area contributed by atoms with E-state index in [1.165, 1.54) is 31.2 Å². The van der Waals surface area contributed by atoms with Gasteiger partial charge >= 0.3 is 0 Å². The van der Waals surface area contributed by atoms with E-state index >= 15 is 0 Å². The lowest BCUT2D eigenvalue weighted by molar-refractivity contribution is -0.118. The molecule has 0 N–H and O–H groups in total. The molecule has 0 unspecified atom stereocenters. The van der Waals surface area contributed by atoms with Crippen molar-refractivity contribution in [2.24, 2.45) is 11.8 Å². The molecule has 5 heteroatoms. The fourth-order valence-corrected chi connectivity index (χ4v) is 3.48. The van der Waals surface area contributed by atoms with Crippen LogP contribution in [0.1, 0.15) is 28.8 Å². The van der Waals surface area contributed by atoms with Crippen molar-refractivity contribution in [3.05, 3.63) is 59.4 Å². The average molecular weight is 326 g/mol. The largest absolute Gasteiger partial charge is 0.454 e. The Morgan fingerprint density at radius 3 is 2.42 bits per heavy atom. The minimum atomic E-state index is -0.409. The Kier molecular flexibility index (Phi) is 3.37. The Morgan fingerprint density at radius 1 is 1.00 bits per heavy atom. The third-order valence-corrected chi connectivity index (χ3v) is 4.70. The van der Waals surface area contributed by atoms with Gasteiger partial charge in [0, 0.05) is 23.3 Å². The number of rotatable bonds is 4. The Morgan fingerprint density at radius 2 is 1.71 bits per heavy atom. The average Bonchev–Trinajstić information content (AvgIpc) is 3.16. The van der Waals surface area contributed by atoms with Gasteiger partial charge in [0.15, 0.2) is 17.3 Å². The van der Waals surface area contributed by atoms with Gasteiger partial charge in [-0.2, -0.15) is 0 Å². The maximum absolute atomic E-state index is 13.0. The number of ketones is 2. The van der Waals surface area contributed by atoms with Crippen molar-refractivity contribution in [1.82, 2.24) is 0 Å². The Labute approximate surface area is 138 Å². The summed E-state index contributed by atoms with van der Waals surface area (Å²) in [7, 11) is 0. The van der Waals surface area contributed by atoms with Crippen molar-refractivity contribution in [2.75, 3.05) is 6.79 Å². The van der Waals surface area contributed by atoms with Gasteiger partial charge in [0.25, 0.3) is 0 Å². The molecule has 1 aliphatic heterocycles. The third kappa shape index (κ3) is 2.37. The predicted molar refractivity (Wildman–Crippen MR) is 83.7 cm³/mol. The summed E-state index contributed by atoms with van der Waals surface area (Å²) >= 11 is 0. The normalized spacial score (nSPS) is 23.8. The smallest absolute Gasteiger partial charge is 0.231 e. The summed E-state index contributed by atoms with van der Waals surface area (Å²) in [6.07, 6.45) is 0. The summed E-state index contributed by atoms with van der Waals surface area (Å²) in [5, 5.41) is 0. The van der Waals surface area contributed by atoms with Crippen LogP contribution in [0.15, 0.2) is 42.5 Å². The molecule has 0 radical (unpaired) electrons. The van der Waals surface area contributed by atoms with E-state index in [-0.39, 0.29) is 30.2 Å². The van der Waals surface area contributed by atoms with E-state index in [0.717, 1.165) is 5.56 Å². The summed E-state index contributed by atoms with van der Waals surface area (Å²) < 4.78 is 23.7. The van der Waals surface area contributed by atoms with E-state index in [1.54, 1.807) is 6.07 Å². The Bertz CT molecular complexity index is 828. The predicted octanol–water partition coefficient (Wildman–Crippen LogP) is 3.36. The zero-order valence-corrected chi connectivity index (χ0v) is 13.0.